The number of carbonyl (C=O) groups is 1. The zero-order valence-electron chi connectivity index (χ0n) is 13.2. The van der Waals surface area contributed by atoms with Crippen LogP contribution in [-0.4, -0.2) is 28.5 Å². The van der Waals surface area contributed by atoms with Crippen molar-refractivity contribution in [3.8, 4) is 0 Å². The second kappa shape index (κ2) is 7.01. The number of esters is 1. The lowest BCUT2D eigenvalue weighted by molar-refractivity contribution is 0.0600. The fourth-order valence-corrected chi connectivity index (χ4v) is 4.13. The number of anilines is 1. The highest BCUT2D eigenvalue weighted by Gasteiger charge is 2.26. The lowest BCUT2D eigenvalue weighted by Gasteiger charge is -2.22. The molecule has 128 valence electrons. The maximum Gasteiger partial charge on any atom is 0.337 e. The van der Waals surface area contributed by atoms with Crippen LogP contribution in [0.3, 0.4) is 0 Å². The fourth-order valence-electron chi connectivity index (χ4n) is 2.15. The Morgan fingerprint density at radius 2 is 1.79 bits per heavy atom. The number of aryl methyl sites for hydroxylation is 1. The first-order valence-electron chi connectivity index (χ1n) is 6.81. The van der Waals surface area contributed by atoms with E-state index in [0.29, 0.717) is 11.3 Å². The van der Waals surface area contributed by atoms with Gasteiger partial charge in [0.25, 0.3) is 10.0 Å². The summed E-state index contributed by atoms with van der Waals surface area (Å²) in [5.74, 6) is -0.553. The third kappa shape index (κ3) is 3.50. The molecule has 0 radical (unpaired) electrons. The van der Waals surface area contributed by atoms with Gasteiger partial charge in [0.1, 0.15) is 4.90 Å². The van der Waals surface area contributed by atoms with Crippen LogP contribution < -0.4 is 4.31 Å². The summed E-state index contributed by atoms with van der Waals surface area (Å²) in [7, 11) is -1.31. The molecule has 0 aromatic heterocycles. The predicted octanol–water partition coefficient (Wildman–Crippen LogP) is 3.91. The summed E-state index contributed by atoms with van der Waals surface area (Å²) in [5.41, 5.74) is 1.26. The Kier molecular flexibility index (Phi) is 5.42. The number of carbonyl (C=O) groups excluding carboxylic acids is 1. The Morgan fingerprint density at radius 3 is 2.42 bits per heavy atom. The molecule has 0 aliphatic heterocycles. The molecule has 0 aliphatic rings. The van der Waals surface area contributed by atoms with Crippen molar-refractivity contribution in [1.29, 1.82) is 0 Å². The summed E-state index contributed by atoms with van der Waals surface area (Å²) in [4.78, 5) is 11.6. The normalized spacial score (nSPS) is 11.2. The van der Waals surface area contributed by atoms with Gasteiger partial charge in [0.05, 0.1) is 23.4 Å². The summed E-state index contributed by atoms with van der Waals surface area (Å²) in [6.07, 6.45) is 0. The maximum atomic E-state index is 12.9. The van der Waals surface area contributed by atoms with E-state index < -0.39 is 16.0 Å². The van der Waals surface area contributed by atoms with E-state index >= 15 is 0 Å². The van der Waals surface area contributed by atoms with Crippen molar-refractivity contribution in [3.05, 3.63) is 57.6 Å². The molecule has 2 aromatic carbocycles. The predicted molar refractivity (Wildman–Crippen MR) is 94.6 cm³/mol. The van der Waals surface area contributed by atoms with Crippen LogP contribution in [0.2, 0.25) is 10.0 Å². The van der Waals surface area contributed by atoms with Crippen molar-refractivity contribution in [2.24, 2.45) is 0 Å². The molecule has 0 unspecified atom stereocenters. The van der Waals surface area contributed by atoms with E-state index in [1.165, 1.54) is 38.4 Å². The first kappa shape index (κ1) is 18.6. The van der Waals surface area contributed by atoms with Crippen molar-refractivity contribution in [3.63, 3.8) is 0 Å². The quantitative estimate of drug-likeness (QED) is 0.745. The zero-order valence-corrected chi connectivity index (χ0v) is 15.5. The summed E-state index contributed by atoms with van der Waals surface area (Å²) < 4.78 is 31.5. The first-order chi connectivity index (χ1) is 11.2. The van der Waals surface area contributed by atoms with Crippen molar-refractivity contribution in [1.82, 2.24) is 0 Å². The monoisotopic (exact) mass is 387 g/mol. The molecule has 8 heteroatoms. The number of rotatable bonds is 4. The van der Waals surface area contributed by atoms with E-state index in [-0.39, 0.29) is 20.5 Å². The van der Waals surface area contributed by atoms with Crippen LogP contribution in [0.5, 0.6) is 0 Å². The number of nitrogens with zero attached hydrogens (tertiary/aromatic N) is 1. The number of halogens is 2. The minimum absolute atomic E-state index is 0.0630. The summed E-state index contributed by atoms with van der Waals surface area (Å²) in [5, 5.41) is 0.319. The third-order valence-electron chi connectivity index (χ3n) is 3.50. The van der Waals surface area contributed by atoms with E-state index in [1.54, 1.807) is 19.1 Å². The highest BCUT2D eigenvalue weighted by Crippen LogP contribution is 2.31. The average Bonchev–Trinajstić information content (AvgIpc) is 2.56. The van der Waals surface area contributed by atoms with Gasteiger partial charge in [-0.2, -0.15) is 0 Å². The summed E-state index contributed by atoms with van der Waals surface area (Å²) in [6, 6.07) is 8.88. The van der Waals surface area contributed by atoms with Crippen molar-refractivity contribution in [2.75, 3.05) is 18.5 Å². The minimum atomic E-state index is -3.95. The van der Waals surface area contributed by atoms with E-state index in [2.05, 4.69) is 4.74 Å². The number of ether oxygens (including phenoxy) is 1. The van der Waals surface area contributed by atoms with Gasteiger partial charge in [0, 0.05) is 12.1 Å². The molecule has 0 spiro atoms. The van der Waals surface area contributed by atoms with E-state index in [9.17, 15) is 13.2 Å². The van der Waals surface area contributed by atoms with E-state index in [0.717, 1.165) is 4.31 Å². The van der Waals surface area contributed by atoms with Gasteiger partial charge < -0.3 is 4.74 Å². The van der Waals surface area contributed by atoms with Crippen LogP contribution in [0.1, 0.15) is 15.9 Å². The van der Waals surface area contributed by atoms with Crippen LogP contribution in [-0.2, 0) is 14.8 Å². The molecule has 24 heavy (non-hydrogen) atoms. The smallest absolute Gasteiger partial charge is 0.337 e. The van der Waals surface area contributed by atoms with E-state index in [1.807, 2.05) is 0 Å². The Balaban J connectivity index is 2.56. The molecule has 0 aliphatic carbocycles. The van der Waals surface area contributed by atoms with Crippen molar-refractivity contribution < 1.29 is 17.9 Å². The SMILES string of the molecule is COC(=O)c1ccc(C)c(N(C)S(=O)(=O)c2cc(Cl)ccc2Cl)c1. The number of hydrogen-bond acceptors (Lipinski definition) is 4. The van der Waals surface area contributed by atoms with Gasteiger partial charge in [-0.3, -0.25) is 4.31 Å². The highest BCUT2D eigenvalue weighted by molar-refractivity contribution is 7.93. The van der Waals surface area contributed by atoms with Gasteiger partial charge in [-0.1, -0.05) is 29.3 Å². The van der Waals surface area contributed by atoms with Crippen LogP contribution in [0.15, 0.2) is 41.3 Å². The average molecular weight is 388 g/mol. The molecule has 0 N–H and O–H groups in total. The Bertz CT molecular complexity index is 897. The molecule has 0 heterocycles. The second-order valence-electron chi connectivity index (χ2n) is 5.04. The zero-order chi connectivity index (χ0) is 18.1. The number of sulfonamides is 1. The van der Waals surface area contributed by atoms with Gasteiger partial charge in [-0.25, -0.2) is 13.2 Å². The van der Waals surface area contributed by atoms with Gasteiger partial charge in [0.2, 0.25) is 0 Å². The second-order valence-corrected chi connectivity index (χ2v) is 7.82. The summed E-state index contributed by atoms with van der Waals surface area (Å²) in [6.45, 7) is 1.74. The molecule has 2 aromatic rings. The van der Waals surface area contributed by atoms with Gasteiger partial charge >= 0.3 is 5.97 Å². The minimum Gasteiger partial charge on any atom is -0.465 e. The summed E-state index contributed by atoms with van der Waals surface area (Å²) >= 11 is 11.9. The molecule has 0 atom stereocenters. The number of methoxy groups -OCH3 is 1. The Hall–Kier alpha value is -1.76. The third-order valence-corrected chi connectivity index (χ3v) is 5.99. The van der Waals surface area contributed by atoms with Gasteiger partial charge in [-0.05, 0) is 42.8 Å². The molecule has 0 bridgehead atoms. The van der Waals surface area contributed by atoms with E-state index in [4.69, 9.17) is 23.2 Å². The van der Waals surface area contributed by atoms with Gasteiger partial charge in [0.15, 0.2) is 0 Å². The molecule has 5 nitrogen and oxygen atoms in total. The van der Waals surface area contributed by atoms with Crippen LogP contribution in [0, 0.1) is 6.92 Å². The van der Waals surface area contributed by atoms with Crippen molar-refractivity contribution in [2.45, 2.75) is 11.8 Å². The molecule has 0 fully saturated rings. The Labute approximate surface area is 150 Å². The molecule has 2 rings (SSSR count). The lowest BCUT2D eigenvalue weighted by atomic mass is 10.1. The standard InChI is InChI=1S/C16H15Cl2NO4S/c1-10-4-5-11(16(20)23-3)8-14(10)19(2)24(21,22)15-9-12(17)6-7-13(15)18/h4-9H,1-3H3. The maximum absolute atomic E-state index is 12.9. The fraction of sp³-hybridized carbons (Fsp3) is 0.188. The largest absolute Gasteiger partial charge is 0.465 e. The first-order valence-corrected chi connectivity index (χ1v) is 9.01. The highest BCUT2D eigenvalue weighted by atomic mass is 35.5. The molecule has 0 amide bonds. The number of hydrogen-bond donors (Lipinski definition) is 0. The molecule has 0 saturated carbocycles. The molecule has 0 saturated heterocycles. The van der Waals surface area contributed by atoms with Crippen LogP contribution in [0.4, 0.5) is 5.69 Å². The van der Waals surface area contributed by atoms with Crippen LogP contribution in [0.25, 0.3) is 0 Å². The topological polar surface area (TPSA) is 63.7 Å². The number of benzene rings is 2. The van der Waals surface area contributed by atoms with Crippen LogP contribution >= 0.6 is 23.2 Å². The molecular weight excluding hydrogens is 373 g/mol. The lowest BCUT2D eigenvalue weighted by Crippen LogP contribution is -2.27. The Morgan fingerprint density at radius 1 is 1.12 bits per heavy atom. The van der Waals surface area contributed by atoms with Crippen molar-refractivity contribution >= 4 is 44.9 Å². The molecular formula is C16H15Cl2NO4S. The van der Waals surface area contributed by atoms with Gasteiger partial charge in [-0.15, -0.1) is 0 Å².